The van der Waals surface area contributed by atoms with Crippen LogP contribution in [0, 0.1) is 0 Å². The van der Waals surface area contributed by atoms with Crippen LogP contribution in [-0.4, -0.2) is 49.1 Å². The first-order valence-electron chi connectivity index (χ1n) is 9.86. The molecule has 3 heterocycles. The maximum absolute atomic E-state index is 12.6. The van der Waals surface area contributed by atoms with Gasteiger partial charge in [0.25, 0.3) is 11.8 Å². The molecule has 0 bridgehead atoms. The number of nitrogens with zero attached hydrogens (tertiary/aromatic N) is 4. The van der Waals surface area contributed by atoms with Gasteiger partial charge in [-0.25, -0.2) is 4.79 Å². The summed E-state index contributed by atoms with van der Waals surface area (Å²) in [4.78, 5) is 40.0. The fourth-order valence-corrected chi connectivity index (χ4v) is 3.12. The van der Waals surface area contributed by atoms with Crippen LogP contribution in [-0.2, 0) is 6.54 Å². The first-order valence-corrected chi connectivity index (χ1v) is 9.86. The van der Waals surface area contributed by atoms with Gasteiger partial charge in [0.1, 0.15) is 18.1 Å². The molecule has 0 fully saturated rings. The number of nitrogens with two attached hydrogens (primary N) is 1. The van der Waals surface area contributed by atoms with Crippen LogP contribution in [0.2, 0.25) is 0 Å². The molecule has 186 valence electrons. The van der Waals surface area contributed by atoms with Crippen molar-refractivity contribution in [2.45, 2.75) is 19.8 Å². The molecule has 1 aromatic carbocycles. The van der Waals surface area contributed by atoms with E-state index in [4.69, 9.17) is 14.6 Å². The van der Waals surface area contributed by atoms with Gasteiger partial charge in [0, 0.05) is 12.5 Å². The molecule has 36 heavy (non-hydrogen) atoms. The van der Waals surface area contributed by atoms with Gasteiger partial charge in [0.15, 0.2) is 34.4 Å². The highest BCUT2D eigenvalue weighted by molar-refractivity contribution is 5.97. The predicted molar refractivity (Wildman–Crippen MR) is 111 cm³/mol. The summed E-state index contributed by atoms with van der Waals surface area (Å²) in [6.07, 6.45) is -4.98. The van der Waals surface area contributed by atoms with E-state index in [9.17, 15) is 32.7 Å². The summed E-state index contributed by atoms with van der Waals surface area (Å²) in [6, 6.07) is 7.30. The lowest BCUT2D eigenvalue weighted by atomic mass is 10.1. The van der Waals surface area contributed by atoms with E-state index in [2.05, 4.69) is 19.9 Å². The molecule has 0 radical (unpaired) electrons. The van der Waals surface area contributed by atoms with Gasteiger partial charge in [-0.15, -0.1) is 23.4 Å². The number of hydrogen-bond acceptors (Lipinski definition) is 9. The summed E-state index contributed by atoms with van der Waals surface area (Å²) in [7, 11) is 0. The van der Waals surface area contributed by atoms with Crippen molar-refractivity contribution in [2.75, 3.05) is 0 Å². The number of carbonyl (C=O) groups excluding carboxylic acids is 2. The normalized spacial score (nSPS) is 11.4. The Bertz CT molecular complexity index is 1490. The summed E-state index contributed by atoms with van der Waals surface area (Å²) >= 11 is 0. The van der Waals surface area contributed by atoms with Gasteiger partial charge in [-0.05, 0) is 24.3 Å². The number of ketones is 1. The molecule has 0 aliphatic rings. The van der Waals surface area contributed by atoms with E-state index < -0.39 is 47.0 Å². The number of carboxylic acid groups (broad SMARTS) is 1. The zero-order chi connectivity index (χ0) is 26.2. The molecule has 0 saturated heterocycles. The molecular formula is C21H14F3N5O7. The number of aromatic nitrogens is 4. The summed E-state index contributed by atoms with van der Waals surface area (Å²) < 4.78 is 52.5. The number of hydrogen-bond donors (Lipinski definition) is 2. The van der Waals surface area contributed by atoms with E-state index >= 15 is 0 Å². The first-order chi connectivity index (χ1) is 16.9. The Morgan fingerprint density at radius 1 is 1.11 bits per heavy atom. The van der Waals surface area contributed by atoms with Crippen LogP contribution in [0.4, 0.5) is 13.2 Å². The molecule has 0 atom stereocenters. The SMILES string of the molecule is CC(=O)c1ccc(Cn2nc(C(N)=O)c(-c3nc(C(=O)O)c(-c4cccc(OC(F)(F)F)c4)o3)n2)o1. The number of carboxylic acids is 1. The fourth-order valence-electron chi connectivity index (χ4n) is 3.12. The van der Waals surface area contributed by atoms with Crippen LogP contribution in [0.1, 0.15) is 44.2 Å². The van der Waals surface area contributed by atoms with Gasteiger partial charge in [-0.1, -0.05) is 12.1 Å². The van der Waals surface area contributed by atoms with E-state index in [0.29, 0.717) is 0 Å². The van der Waals surface area contributed by atoms with Gasteiger partial charge in [-0.2, -0.15) is 9.78 Å². The van der Waals surface area contributed by atoms with Crippen molar-refractivity contribution in [3.8, 4) is 28.7 Å². The number of aromatic carboxylic acids is 1. The Labute approximate surface area is 198 Å². The van der Waals surface area contributed by atoms with E-state index in [1.165, 1.54) is 31.2 Å². The Morgan fingerprint density at radius 2 is 1.86 bits per heavy atom. The molecule has 4 aromatic rings. The number of alkyl halides is 3. The summed E-state index contributed by atoms with van der Waals surface area (Å²) in [5.74, 6) is -4.10. The van der Waals surface area contributed by atoms with Crippen molar-refractivity contribution in [1.82, 2.24) is 20.0 Å². The molecule has 15 heteroatoms. The largest absolute Gasteiger partial charge is 0.573 e. The maximum Gasteiger partial charge on any atom is 0.573 e. The highest BCUT2D eigenvalue weighted by Gasteiger charge is 2.32. The molecule has 3 N–H and O–H groups in total. The Morgan fingerprint density at radius 3 is 2.47 bits per heavy atom. The van der Waals surface area contributed by atoms with Crippen molar-refractivity contribution < 1.29 is 46.2 Å². The van der Waals surface area contributed by atoms with Gasteiger partial charge >= 0.3 is 12.3 Å². The topological polar surface area (TPSA) is 177 Å². The second-order valence-electron chi connectivity index (χ2n) is 7.19. The van der Waals surface area contributed by atoms with Crippen molar-refractivity contribution >= 4 is 17.7 Å². The lowest BCUT2D eigenvalue weighted by molar-refractivity contribution is -0.274. The molecule has 1 amide bonds. The van der Waals surface area contributed by atoms with E-state index in [1.54, 1.807) is 0 Å². The molecule has 0 saturated carbocycles. The number of halogens is 3. The van der Waals surface area contributed by atoms with E-state index in [-0.39, 0.29) is 35.1 Å². The molecule has 0 aliphatic carbocycles. The molecule has 0 aliphatic heterocycles. The standard InChI is InChI=1S/C21H14F3N5O7/c1-9(30)13-6-5-12(34-13)8-29-27-14(18(25)31)15(28-29)19-26-16(20(32)33)17(35-19)10-3-2-4-11(7-10)36-21(22,23)24/h2-7H,8H2,1H3,(H2,25,31)(H,32,33). The van der Waals surface area contributed by atoms with Crippen LogP contribution in [0.5, 0.6) is 5.75 Å². The lowest BCUT2D eigenvalue weighted by Gasteiger charge is -2.09. The Kier molecular flexibility index (Phi) is 6.05. The van der Waals surface area contributed by atoms with Crippen LogP contribution < -0.4 is 10.5 Å². The zero-order valence-corrected chi connectivity index (χ0v) is 18.1. The minimum atomic E-state index is -4.98. The minimum absolute atomic E-state index is 0.0904. The number of oxazole rings is 1. The van der Waals surface area contributed by atoms with E-state index in [0.717, 1.165) is 16.9 Å². The summed E-state index contributed by atoms with van der Waals surface area (Å²) in [5, 5.41) is 17.6. The predicted octanol–water partition coefficient (Wildman–Crippen LogP) is 3.14. The van der Waals surface area contributed by atoms with Gasteiger partial charge in [-0.3, -0.25) is 9.59 Å². The molecule has 12 nitrogen and oxygen atoms in total. The second-order valence-corrected chi connectivity index (χ2v) is 7.19. The average Bonchev–Trinajstić information content (AvgIpc) is 3.51. The van der Waals surface area contributed by atoms with Crippen LogP contribution >= 0.6 is 0 Å². The lowest BCUT2D eigenvalue weighted by Crippen LogP contribution is -2.17. The molecule has 0 unspecified atom stereocenters. The van der Waals surface area contributed by atoms with Gasteiger partial charge in [0.05, 0.1) is 0 Å². The Hall–Kier alpha value is -4.95. The van der Waals surface area contributed by atoms with E-state index in [1.807, 2.05) is 0 Å². The number of carbonyl (C=O) groups is 3. The second kappa shape index (κ2) is 9.01. The average molecular weight is 505 g/mol. The highest BCUT2D eigenvalue weighted by Crippen LogP contribution is 2.33. The zero-order valence-electron chi connectivity index (χ0n) is 18.1. The summed E-state index contributed by atoms with van der Waals surface area (Å²) in [6.45, 7) is 1.17. The molecule has 0 spiro atoms. The third kappa shape index (κ3) is 5.08. The van der Waals surface area contributed by atoms with Gasteiger partial charge in [0.2, 0.25) is 0 Å². The smallest absolute Gasteiger partial charge is 0.476 e. The number of benzene rings is 1. The number of Topliss-reactive ketones (excluding diaryl/α,β-unsaturated/α-hetero) is 1. The van der Waals surface area contributed by atoms with Crippen molar-refractivity contribution in [1.29, 1.82) is 0 Å². The number of furan rings is 1. The first kappa shape index (κ1) is 24.2. The number of ether oxygens (including phenoxy) is 1. The van der Waals surface area contributed by atoms with Gasteiger partial charge < -0.3 is 24.4 Å². The monoisotopic (exact) mass is 505 g/mol. The minimum Gasteiger partial charge on any atom is -0.476 e. The number of amides is 1. The number of primary amides is 1. The van der Waals surface area contributed by atoms with Crippen molar-refractivity contribution in [3.63, 3.8) is 0 Å². The highest BCUT2D eigenvalue weighted by atomic mass is 19.4. The molecular weight excluding hydrogens is 491 g/mol. The third-order valence-electron chi connectivity index (χ3n) is 4.56. The third-order valence-corrected chi connectivity index (χ3v) is 4.56. The maximum atomic E-state index is 12.6. The van der Waals surface area contributed by atoms with Crippen LogP contribution in [0.3, 0.4) is 0 Å². The Balaban J connectivity index is 1.75. The van der Waals surface area contributed by atoms with Crippen LogP contribution in [0.15, 0.2) is 45.2 Å². The fraction of sp³-hybridized carbons (Fsp3) is 0.143. The van der Waals surface area contributed by atoms with Crippen molar-refractivity contribution in [2.24, 2.45) is 5.73 Å². The summed E-state index contributed by atoms with van der Waals surface area (Å²) in [5.41, 5.74) is 3.85. The molecule has 3 aromatic heterocycles. The molecule has 4 rings (SSSR count). The quantitative estimate of drug-likeness (QED) is 0.338. The van der Waals surface area contributed by atoms with Crippen LogP contribution in [0.25, 0.3) is 22.9 Å². The van der Waals surface area contributed by atoms with Crippen molar-refractivity contribution in [3.05, 3.63) is 59.3 Å². The number of rotatable bonds is 8.